The standard InChI is InChI=1S/C28H22Cl2N2O5S/c1-4-36-27(34)23-15(2)31-28-32(25(23)16-8-10-17(35-3)11-9-16)26(33)22(38-28)14-18-12-13-21(37-18)19-6-5-7-20(29)24(19)30/h5-14,25H,4H2,1-3H3. The van der Waals surface area contributed by atoms with Crippen LogP contribution in [-0.4, -0.2) is 24.3 Å². The van der Waals surface area contributed by atoms with E-state index < -0.39 is 12.0 Å². The van der Waals surface area contributed by atoms with Gasteiger partial charge < -0.3 is 13.9 Å². The number of carbonyl (C=O) groups excluding carboxylic acids is 1. The molecule has 0 saturated carbocycles. The van der Waals surface area contributed by atoms with Crippen molar-refractivity contribution in [2.75, 3.05) is 13.7 Å². The van der Waals surface area contributed by atoms with Gasteiger partial charge in [0.2, 0.25) is 0 Å². The SMILES string of the molecule is CCOC(=O)C1=C(C)N=c2sc(=Cc3ccc(-c4cccc(Cl)c4Cl)o3)c(=O)n2C1c1ccc(OC)cc1. The maximum absolute atomic E-state index is 13.7. The minimum Gasteiger partial charge on any atom is -0.497 e. The molecule has 3 heterocycles. The van der Waals surface area contributed by atoms with Crippen molar-refractivity contribution in [2.45, 2.75) is 19.9 Å². The summed E-state index contributed by atoms with van der Waals surface area (Å²) in [6.07, 6.45) is 1.65. The minimum atomic E-state index is -0.712. The summed E-state index contributed by atoms with van der Waals surface area (Å²) < 4.78 is 18.5. The Kier molecular flexibility index (Phi) is 7.29. The third-order valence-corrected chi connectivity index (χ3v) is 7.87. The van der Waals surface area contributed by atoms with Gasteiger partial charge in [-0.2, -0.15) is 0 Å². The van der Waals surface area contributed by atoms with Crippen LogP contribution in [0.15, 0.2) is 80.1 Å². The fourth-order valence-corrected chi connectivity index (χ4v) is 5.71. The molecule has 1 atom stereocenters. The molecule has 0 aliphatic carbocycles. The Morgan fingerprint density at radius 2 is 1.92 bits per heavy atom. The average molecular weight is 569 g/mol. The molecule has 0 amide bonds. The van der Waals surface area contributed by atoms with Crippen molar-refractivity contribution in [3.63, 3.8) is 0 Å². The van der Waals surface area contributed by atoms with Crippen molar-refractivity contribution in [2.24, 2.45) is 4.99 Å². The van der Waals surface area contributed by atoms with Gasteiger partial charge in [0.1, 0.15) is 17.3 Å². The molecular formula is C28H22Cl2N2O5S. The van der Waals surface area contributed by atoms with Crippen LogP contribution in [0.4, 0.5) is 0 Å². The first-order valence-electron chi connectivity index (χ1n) is 11.7. The monoisotopic (exact) mass is 568 g/mol. The summed E-state index contributed by atoms with van der Waals surface area (Å²) in [5, 5.41) is 0.803. The van der Waals surface area contributed by atoms with Crippen LogP contribution in [0, 0.1) is 0 Å². The van der Waals surface area contributed by atoms with Crippen LogP contribution in [0.2, 0.25) is 10.0 Å². The number of aromatic nitrogens is 1. The molecule has 2 aromatic heterocycles. The fraction of sp³-hybridized carbons (Fsp3) is 0.179. The number of furan rings is 1. The highest BCUT2D eigenvalue weighted by atomic mass is 35.5. The first kappa shape index (κ1) is 26.0. The number of hydrogen-bond acceptors (Lipinski definition) is 7. The van der Waals surface area contributed by atoms with E-state index in [9.17, 15) is 9.59 Å². The number of hydrogen-bond donors (Lipinski definition) is 0. The van der Waals surface area contributed by atoms with Crippen LogP contribution in [0.25, 0.3) is 17.4 Å². The van der Waals surface area contributed by atoms with Gasteiger partial charge in [0.15, 0.2) is 4.80 Å². The second-order valence-corrected chi connectivity index (χ2v) is 10.2. The minimum absolute atomic E-state index is 0.201. The lowest BCUT2D eigenvalue weighted by molar-refractivity contribution is -0.139. The van der Waals surface area contributed by atoms with E-state index in [1.54, 1.807) is 69.5 Å². The Bertz CT molecular complexity index is 1750. The van der Waals surface area contributed by atoms with Gasteiger partial charge in [0.25, 0.3) is 5.56 Å². The number of nitrogens with zero attached hydrogens (tertiary/aromatic N) is 2. The van der Waals surface area contributed by atoms with E-state index in [-0.39, 0.29) is 12.2 Å². The second kappa shape index (κ2) is 10.6. The lowest BCUT2D eigenvalue weighted by Crippen LogP contribution is -2.39. The van der Waals surface area contributed by atoms with Crippen LogP contribution in [-0.2, 0) is 9.53 Å². The highest BCUT2D eigenvalue weighted by Gasteiger charge is 2.33. The Balaban J connectivity index is 1.64. The van der Waals surface area contributed by atoms with Gasteiger partial charge in [-0.25, -0.2) is 9.79 Å². The van der Waals surface area contributed by atoms with Crippen molar-refractivity contribution in [1.29, 1.82) is 0 Å². The van der Waals surface area contributed by atoms with E-state index in [0.29, 0.717) is 53.5 Å². The molecule has 1 unspecified atom stereocenters. The van der Waals surface area contributed by atoms with Gasteiger partial charge in [-0.15, -0.1) is 0 Å². The summed E-state index contributed by atoms with van der Waals surface area (Å²) in [7, 11) is 1.58. The molecule has 2 aromatic carbocycles. The van der Waals surface area contributed by atoms with Crippen LogP contribution < -0.4 is 19.6 Å². The molecule has 10 heteroatoms. The molecule has 0 spiro atoms. The summed E-state index contributed by atoms with van der Waals surface area (Å²) in [6, 6.07) is 15.3. The van der Waals surface area contributed by atoms with E-state index >= 15 is 0 Å². The predicted octanol–water partition coefficient (Wildman–Crippen LogP) is 5.37. The summed E-state index contributed by atoms with van der Waals surface area (Å²) in [5.74, 6) is 1.13. The smallest absolute Gasteiger partial charge is 0.338 e. The molecule has 1 aliphatic rings. The van der Waals surface area contributed by atoms with Crippen LogP contribution in [0.5, 0.6) is 5.75 Å². The van der Waals surface area contributed by atoms with Gasteiger partial charge in [-0.05, 0) is 55.8 Å². The van der Waals surface area contributed by atoms with Gasteiger partial charge in [-0.3, -0.25) is 9.36 Å². The van der Waals surface area contributed by atoms with Crippen LogP contribution in [0.1, 0.15) is 31.2 Å². The van der Waals surface area contributed by atoms with E-state index in [0.717, 1.165) is 5.56 Å². The van der Waals surface area contributed by atoms with Crippen LogP contribution in [0.3, 0.4) is 0 Å². The number of fused-ring (bicyclic) bond motifs is 1. The highest BCUT2D eigenvalue weighted by Crippen LogP contribution is 2.35. The van der Waals surface area contributed by atoms with E-state index in [4.69, 9.17) is 37.1 Å². The number of ether oxygens (including phenoxy) is 2. The van der Waals surface area contributed by atoms with Gasteiger partial charge >= 0.3 is 5.97 Å². The zero-order valence-electron chi connectivity index (χ0n) is 20.7. The molecule has 194 valence electrons. The molecular weight excluding hydrogens is 547 g/mol. The van der Waals surface area contributed by atoms with Gasteiger partial charge in [0.05, 0.1) is 45.6 Å². The molecule has 38 heavy (non-hydrogen) atoms. The number of methoxy groups -OCH3 is 1. The number of halogens is 2. The highest BCUT2D eigenvalue weighted by molar-refractivity contribution is 7.07. The second-order valence-electron chi connectivity index (χ2n) is 8.38. The topological polar surface area (TPSA) is 83.0 Å². The number of allylic oxidation sites excluding steroid dienone is 1. The summed E-state index contributed by atoms with van der Waals surface area (Å²) in [5.41, 5.74) is 1.88. The molecule has 4 aromatic rings. The van der Waals surface area contributed by atoms with Gasteiger partial charge in [0, 0.05) is 11.6 Å². The lowest BCUT2D eigenvalue weighted by atomic mass is 9.96. The normalized spacial score (nSPS) is 15.3. The molecule has 0 N–H and O–H groups in total. The van der Waals surface area contributed by atoms with Crippen molar-refractivity contribution < 1.29 is 18.7 Å². The van der Waals surface area contributed by atoms with Gasteiger partial charge in [-0.1, -0.05) is 52.7 Å². The lowest BCUT2D eigenvalue weighted by Gasteiger charge is -2.24. The van der Waals surface area contributed by atoms with Crippen molar-refractivity contribution >= 4 is 46.6 Å². The number of carbonyl (C=O) groups is 1. The number of benzene rings is 2. The largest absolute Gasteiger partial charge is 0.497 e. The maximum atomic E-state index is 13.7. The summed E-state index contributed by atoms with van der Waals surface area (Å²) in [4.78, 5) is 31.8. The first-order valence-corrected chi connectivity index (χ1v) is 13.3. The number of thiazole rings is 1. The predicted molar refractivity (Wildman–Crippen MR) is 148 cm³/mol. The fourth-order valence-electron chi connectivity index (χ4n) is 4.29. The van der Waals surface area contributed by atoms with Crippen molar-refractivity contribution in [3.05, 3.63) is 107 Å². The number of rotatable bonds is 6. The third-order valence-electron chi connectivity index (χ3n) is 6.07. The van der Waals surface area contributed by atoms with E-state index in [1.807, 2.05) is 12.1 Å². The Morgan fingerprint density at radius 1 is 1.16 bits per heavy atom. The van der Waals surface area contributed by atoms with Crippen molar-refractivity contribution in [3.8, 4) is 17.1 Å². The Labute approximate surface area is 231 Å². The van der Waals surface area contributed by atoms with Crippen molar-refractivity contribution in [1.82, 2.24) is 4.57 Å². The van der Waals surface area contributed by atoms with E-state index in [1.165, 1.54) is 15.9 Å². The molecule has 0 saturated heterocycles. The quantitative estimate of drug-likeness (QED) is 0.292. The maximum Gasteiger partial charge on any atom is 0.338 e. The van der Waals surface area contributed by atoms with Crippen LogP contribution >= 0.6 is 34.5 Å². The molecule has 5 rings (SSSR count). The Hall–Kier alpha value is -3.59. The molecule has 0 bridgehead atoms. The Morgan fingerprint density at radius 3 is 2.63 bits per heavy atom. The number of esters is 1. The van der Waals surface area contributed by atoms with E-state index in [2.05, 4.69) is 4.99 Å². The summed E-state index contributed by atoms with van der Waals surface area (Å²) >= 11 is 13.7. The zero-order chi connectivity index (χ0) is 27.0. The molecule has 7 nitrogen and oxygen atoms in total. The summed E-state index contributed by atoms with van der Waals surface area (Å²) in [6.45, 7) is 3.68. The molecule has 0 radical (unpaired) electrons. The third kappa shape index (κ3) is 4.71. The molecule has 1 aliphatic heterocycles. The molecule has 0 fully saturated rings. The average Bonchev–Trinajstić information content (AvgIpc) is 3.49. The first-order chi connectivity index (χ1) is 18.3. The zero-order valence-corrected chi connectivity index (χ0v) is 23.0.